The maximum atomic E-state index is 13.4. The fourth-order valence-electron chi connectivity index (χ4n) is 4.31. The summed E-state index contributed by atoms with van der Waals surface area (Å²) in [4.78, 5) is 26.2. The lowest BCUT2D eigenvalue weighted by Crippen LogP contribution is -2.33. The largest absolute Gasteiger partial charge is 0.497 e. The van der Waals surface area contributed by atoms with Crippen molar-refractivity contribution >= 4 is 11.8 Å². The van der Waals surface area contributed by atoms with Gasteiger partial charge in [-0.2, -0.15) is 0 Å². The molecule has 2 aliphatic rings. The summed E-state index contributed by atoms with van der Waals surface area (Å²) in [6, 6.07) is 17.1. The molecule has 4 rings (SSSR count). The molecule has 160 valence electrons. The second kappa shape index (κ2) is 8.68. The van der Waals surface area contributed by atoms with E-state index < -0.39 is 11.9 Å². The van der Waals surface area contributed by atoms with Crippen LogP contribution in [0.4, 0.5) is 0 Å². The van der Waals surface area contributed by atoms with Gasteiger partial charge >= 0.3 is 5.97 Å². The van der Waals surface area contributed by atoms with Crippen LogP contribution < -0.4 is 10.5 Å². The number of allylic oxidation sites excluding steroid dienone is 2. The molecular formula is C25H25NO5. The van der Waals surface area contributed by atoms with Crippen LogP contribution in [0.15, 0.2) is 77.4 Å². The summed E-state index contributed by atoms with van der Waals surface area (Å²) in [5, 5.41) is 0. The molecule has 6 heteroatoms. The first-order valence-corrected chi connectivity index (χ1v) is 10.3. The Morgan fingerprint density at radius 2 is 1.77 bits per heavy atom. The van der Waals surface area contributed by atoms with Gasteiger partial charge in [0, 0.05) is 18.4 Å². The number of ether oxygens (including phenoxy) is 3. The van der Waals surface area contributed by atoms with Gasteiger partial charge in [0.1, 0.15) is 17.1 Å². The van der Waals surface area contributed by atoms with Crippen molar-refractivity contribution in [3.63, 3.8) is 0 Å². The molecule has 0 saturated heterocycles. The van der Waals surface area contributed by atoms with Crippen molar-refractivity contribution < 1.29 is 23.8 Å². The van der Waals surface area contributed by atoms with Gasteiger partial charge in [-0.25, -0.2) is 4.79 Å². The maximum absolute atomic E-state index is 13.4. The Morgan fingerprint density at radius 1 is 1.06 bits per heavy atom. The standard InChI is InChI=1S/C25H25NO5/c1-3-30-25(28)23-21(16-9-11-18(29-2)12-10-16)22-19(27)13-17(14-20(22)31-24(23)26)15-7-5-4-6-8-15/h4-12,17,21H,3,13-14,26H2,1-2H3/t17-,21-/m1/s1. The lowest BCUT2D eigenvalue weighted by atomic mass is 9.73. The summed E-state index contributed by atoms with van der Waals surface area (Å²) in [7, 11) is 1.58. The quantitative estimate of drug-likeness (QED) is 0.739. The number of hydrogen-bond acceptors (Lipinski definition) is 6. The summed E-state index contributed by atoms with van der Waals surface area (Å²) >= 11 is 0. The molecule has 31 heavy (non-hydrogen) atoms. The summed E-state index contributed by atoms with van der Waals surface area (Å²) in [6.45, 7) is 1.92. The highest BCUT2D eigenvalue weighted by Crippen LogP contribution is 2.47. The first kappa shape index (κ1) is 20.7. The summed E-state index contributed by atoms with van der Waals surface area (Å²) < 4.78 is 16.4. The minimum atomic E-state index is -0.641. The highest BCUT2D eigenvalue weighted by molar-refractivity contribution is 6.03. The Morgan fingerprint density at radius 3 is 2.42 bits per heavy atom. The van der Waals surface area contributed by atoms with Crippen LogP contribution in [0.2, 0.25) is 0 Å². The lowest BCUT2D eigenvalue weighted by Gasteiger charge is -2.35. The Balaban J connectivity index is 1.79. The third kappa shape index (κ3) is 3.93. The van der Waals surface area contributed by atoms with Crippen molar-refractivity contribution in [3.05, 3.63) is 88.5 Å². The van der Waals surface area contributed by atoms with Gasteiger partial charge in [0.2, 0.25) is 5.88 Å². The molecule has 0 aromatic heterocycles. The number of benzene rings is 2. The monoisotopic (exact) mass is 419 g/mol. The zero-order valence-electron chi connectivity index (χ0n) is 17.6. The number of rotatable bonds is 5. The zero-order valence-corrected chi connectivity index (χ0v) is 17.6. The van der Waals surface area contributed by atoms with E-state index in [0.717, 1.165) is 11.1 Å². The van der Waals surface area contributed by atoms with Gasteiger partial charge in [0.05, 0.1) is 19.6 Å². The Kier molecular flexibility index (Phi) is 5.80. The Hall–Kier alpha value is -3.54. The number of nitrogens with two attached hydrogens (primary N) is 1. The molecule has 0 fully saturated rings. The minimum Gasteiger partial charge on any atom is -0.497 e. The number of Topliss-reactive ketones (excluding diaryl/α,β-unsaturated/α-hetero) is 1. The molecule has 2 N–H and O–H groups in total. The van der Waals surface area contributed by atoms with E-state index in [1.165, 1.54) is 0 Å². The molecular weight excluding hydrogens is 394 g/mol. The van der Waals surface area contributed by atoms with Crippen molar-refractivity contribution in [1.29, 1.82) is 0 Å². The molecule has 2 atom stereocenters. The van der Waals surface area contributed by atoms with Crippen LogP contribution in [0.25, 0.3) is 0 Å². The predicted octanol–water partition coefficient (Wildman–Crippen LogP) is 3.94. The van der Waals surface area contributed by atoms with Crippen LogP contribution in [0.1, 0.15) is 42.7 Å². The second-order valence-corrected chi connectivity index (χ2v) is 7.58. The molecule has 0 amide bonds. The second-order valence-electron chi connectivity index (χ2n) is 7.58. The number of hydrogen-bond donors (Lipinski definition) is 1. The van der Waals surface area contributed by atoms with E-state index >= 15 is 0 Å². The Bertz CT molecular complexity index is 1050. The molecule has 1 aliphatic carbocycles. The molecule has 2 aromatic rings. The number of ketones is 1. The van der Waals surface area contributed by atoms with E-state index in [-0.39, 0.29) is 29.8 Å². The Labute approximate surface area is 181 Å². The smallest absolute Gasteiger partial charge is 0.340 e. The first-order valence-electron chi connectivity index (χ1n) is 10.3. The molecule has 2 aromatic carbocycles. The maximum Gasteiger partial charge on any atom is 0.340 e. The predicted molar refractivity (Wildman–Crippen MR) is 115 cm³/mol. The first-order chi connectivity index (χ1) is 15.0. The van der Waals surface area contributed by atoms with Crippen molar-refractivity contribution in [2.45, 2.75) is 31.6 Å². The van der Waals surface area contributed by atoms with Crippen molar-refractivity contribution in [1.82, 2.24) is 0 Å². The van der Waals surface area contributed by atoms with Gasteiger partial charge in [-0.3, -0.25) is 4.79 Å². The lowest BCUT2D eigenvalue weighted by molar-refractivity contribution is -0.139. The normalized spacial score (nSPS) is 20.8. The van der Waals surface area contributed by atoms with Crippen LogP contribution in [-0.4, -0.2) is 25.5 Å². The number of esters is 1. The fraction of sp³-hybridized carbons (Fsp3) is 0.280. The van der Waals surface area contributed by atoms with Gasteiger partial charge in [-0.05, 0) is 36.1 Å². The fourth-order valence-corrected chi connectivity index (χ4v) is 4.31. The number of carbonyl (C=O) groups excluding carboxylic acids is 2. The molecule has 0 saturated carbocycles. The topological polar surface area (TPSA) is 87.9 Å². The van der Waals surface area contributed by atoms with Crippen molar-refractivity contribution in [2.75, 3.05) is 13.7 Å². The van der Waals surface area contributed by atoms with E-state index in [9.17, 15) is 9.59 Å². The van der Waals surface area contributed by atoms with E-state index in [2.05, 4.69) is 0 Å². The molecule has 0 spiro atoms. The zero-order chi connectivity index (χ0) is 22.0. The van der Waals surface area contributed by atoms with Gasteiger partial charge in [0.15, 0.2) is 5.78 Å². The number of methoxy groups -OCH3 is 1. The molecule has 1 heterocycles. The van der Waals surface area contributed by atoms with Crippen LogP contribution in [-0.2, 0) is 19.1 Å². The van der Waals surface area contributed by atoms with Crippen LogP contribution >= 0.6 is 0 Å². The summed E-state index contributed by atoms with van der Waals surface area (Å²) in [5.41, 5.74) is 8.70. The SMILES string of the molecule is CCOC(=O)C1=C(N)OC2=C(C(=O)C[C@@H](c3ccccc3)C2)[C@H]1c1ccc(OC)cc1. The molecule has 0 bridgehead atoms. The van der Waals surface area contributed by atoms with Crippen LogP contribution in [0.3, 0.4) is 0 Å². The summed E-state index contributed by atoms with van der Waals surface area (Å²) in [6.07, 6.45) is 0.878. The van der Waals surface area contributed by atoms with Crippen molar-refractivity contribution in [3.8, 4) is 5.75 Å². The molecule has 1 aliphatic heterocycles. The van der Waals surface area contributed by atoms with Gasteiger partial charge < -0.3 is 19.9 Å². The van der Waals surface area contributed by atoms with Gasteiger partial charge in [-0.1, -0.05) is 42.5 Å². The summed E-state index contributed by atoms with van der Waals surface area (Å²) in [5.74, 6) is -0.0795. The number of carbonyl (C=O) groups is 2. The highest BCUT2D eigenvalue weighted by atomic mass is 16.5. The van der Waals surface area contributed by atoms with E-state index in [1.807, 2.05) is 42.5 Å². The van der Waals surface area contributed by atoms with E-state index in [1.54, 1.807) is 26.2 Å². The van der Waals surface area contributed by atoms with E-state index in [4.69, 9.17) is 19.9 Å². The third-order valence-corrected chi connectivity index (χ3v) is 5.76. The average molecular weight is 419 g/mol. The highest BCUT2D eigenvalue weighted by Gasteiger charge is 2.43. The molecule has 0 radical (unpaired) electrons. The van der Waals surface area contributed by atoms with Crippen LogP contribution in [0.5, 0.6) is 5.75 Å². The van der Waals surface area contributed by atoms with Crippen molar-refractivity contribution in [2.24, 2.45) is 5.73 Å². The molecule has 0 unspecified atom stereocenters. The van der Waals surface area contributed by atoms with Crippen LogP contribution in [0, 0.1) is 0 Å². The van der Waals surface area contributed by atoms with Gasteiger partial charge in [-0.15, -0.1) is 0 Å². The third-order valence-electron chi connectivity index (χ3n) is 5.76. The average Bonchev–Trinajstić information content (AvgIpc) is 2.78. The minimum absolute atomic E-state index is 0.000843. The van der Waals surface area contributed by atoms with Gasteiger partial charge in [0.25, 0.3) is 0 Å². The molecule has 6 nitrogen and oxygen atoms in total. The van der Waals surface area contributed by atoms with E-state index in [0.29, 0.717) is 29.9 Å².